The fourth-order valence-corrected chi connectivity index (χ4v) is 2.94. The molecule has 6 nitrogen and oxygen atoms in total. The number of piperazine rings is 1. The maximum Gasteiger partial charge on any atom is 0.303 e. The van der Waals surface area contributed by atoms with Gasteiger partial charge in [0.15, 0.2) is 0 Å². The third kappa shape index (κ3) is 4.45. The Balaban J connectivity index is 1.67. The SMILES string of the molecule is O=C(O)CCCC(=O)N1CCN(C2CCOCC2)CC1. The Morgan fingerprint density at radius 1 is 1.05 bits per heavy atom. The molecule has 0 aliphatic carbocycles. The van der Waals surface area contributed by atoms with Gasteiger partial charge in [0, 0.05) is 58.3 Å². The number of nitrogens with zero attached hydrogens (tertiary/aromatic N) is 2. The summed E-state index contributed by atoms with van der Waals surface area (Å²) in [4.78, 5) is 26.7. The number of amides is 1. The van der Waals surface area contributed by atoms with Gasteiger partial charge in [-0.2, -0.15) is 0 Å². The first-order valence-corrected chi connectivity index (χ1v) is 7.48. The Morgan fingerprint density at radius 2 is 1.70 bits per heavy atom. The van der Waals surface area contributed by atoms with E-state index in [-0.39, 0.29) is 12.3 Å². The van der Waals surface area contributed by atoms with Gasteiger partial charge in [0.25, 0.3) is 0 Å². The molecule has 2 fully saturated rings. The van der Waals surface area contributed by atoms with Gasteiger partial charge in [0.1, 0.15) is 0 Å². The maximum atomic E-state index is 12.0. The van der Waals surface area contributed by atoms with Crippen molar-refractivity contribution in [3.8, 4) is 0 Å². The van der Waals surface area contributed by atoms with Gasteiger partial charge < -0.3 is 14.7 Å². The van der Waals surface area contributed by atoms with Crippen LogP contribution in [0.4, 0.5) is 0 Å². The maximum absolute atomic E-state index is 12.0. The van der Waals surface area contributed by atoms with E-state index in [0.717, 1.165) is 52.2 Å². The molecule has 6 heteroatoms. The summed E-state index contributed by atoms with van der Waals surface area (Å²) in [6.07, 6.45) is 3.05. The van der Waals surface area contributed by atoms with Gasteiger partial charge in [0.2, 0.25) is 5.91 Å². The summed E-state index contributed by atoms with van der Waals surface area (Å²) in [5, 5.41) is 8.57. The van der Waals surface area contributed by atoms with Crippen LogP contribution in [0.3, 0.4) is 0 Å². The fraction of sp³-hybridized carbons (Fsp3) is 0.857. The number of carboxylic acid groups (broad SMARTS) is 1. The Bertz CT molecular complexity index is 334. The molecule has 2 saturated heterocycles. The van der Waals surface area contributed by atoms with Crippen molar-refractivity contribution in [2.24, 2.45) is 0 Å². The zero-order valence-electron chi connectivity index (χ0n) is 11.9. The van der Waals surface area contributed by atoms with Crippen LogP contribution in [0, 0.1) is 0 Å². The summed E-state index contributed by atoms with van der Waals surface area (Å²) < 4.78 is 5.37. The molecule has 20 heavy (non-hydrogen) atoms. The van der Waals surface area contributed by atoms with E-state index in [4.69, 9.17) is 9.84 Å². The zero-order chi connectivity index (χ0) is 14.4. The number of carboxylic acids is 1. The van der Waals surface area contributed by atoms with E-state index in [1.54, 1.807) is 0 Å². The molecule has 2 heterocycles. The monoisotopic (exact) mass is 284 g/mol. The highest BCUT2D eigenvalue weighted by Gasteiger charge is 2.26. The standard InChI is InChI=1S/C14H24N2O4/c17-13(2-1-3-14(18)19)16-8-6-15(7-9-16)12-4-10-20-11-5-12/h12H,1-11H2,(H,18,19). The average molecular weight is 284 g/mol. The second kappa shape index (κ2) is 7.59. The summed E-state index contributed by atoms with van der Waals surface area (Å²) in [5.41, 5.74) is 0. The third-order valence-electron chi connectivity index (χ3n) is 4.16. The molecule has 2 rings (SSSR count). The molecule has 0 aromatic rings. The van der Waals surface area contributed by atoms with E-state index in [2.05, 4.69) is 4.90 Å². The van der Waals surface area contributed by atoms with Crippen molar-refractivity contribution in [2.75, 3.05) is 39.4 Å². The normalized spacial score (nSPS) is 21.9. The first-order valence-electron chi connectivity index (χ1n) is 7.48. The van der Waals surface area contributed by atoms with Crippen molar-refractivity contribution < 1.29 is 19.4 Å². The van der Waals surface area contributed by atoms with Crippen molar-refractivity contribution in [1.82, 2.24) is 9.80 Å². The molecular formula is C14H24N2O4. The van der Waals surface area contributed by atoms with Crippen LogP contribution < -0.4 is 0 Å². The predicted molar refractivity (Wildman–Crippen MR) is 73.5 cm³/mol. The number of aliphatic carboxylic acids is 1. The van der Waals surface area contributed by atoms with Crippen molar-refractivity contribution in [1.29, 1.82) is 0 Å². The van der Waals surface area contributed by atoms with Gasteiger partial charge in [-0.15, -0.1) is 0 Å². The van der Waals surface area contributed by atoms with E-state index < -0.39 is 5.97 Å². The summed E-state index contributed by atoms with van der Waals surface area (Å²) in [6.45, 7) is 5.08. The summed E-state index contributed by atoms with van der Waals surface area (Å²) in [7, 11) is 0. The van der Waals surface area contributed by atoms with Crippen LogP contribution in [0.5, 0.6) is 0 Å². The van der Waals surface area contributed by atoms with Crippen molar-refractivity contribution in [2.45, 2.75) is 38.1 Å². The lowest BCUT2D eigenvalue weighted by Crippen LogP contribution is -2.53. The van der Waals surface area contributed by atoms with Crippen LogP contribution in [0.25, 0.3) is 0 Å². The van der Waals surface area contributed by atoms with Gasteiger partial charge in [-0.25, -0.2) is 0 Å². The van der Waals surface area contributed by atoms with Gasteiger partial charge in [-0.1, -0.05) is 0 Å². The van der Waals surface area contributed by atoms with Crippen molar-refractivity contribution >= 4 is 11.9 Å². The number of hydrogen-bond donors (Lipinski definition) is 1. The highest BCUT2D eigenvalue weighted by Crippen LogP contribution is 2.17. The van der Waals surface area contributed by atoms with E-state index in [1.807, 2.05) is 4.90 Å². The zero-order valence-corrected chi connectivity index (χ0v) is 11.9. The average Bonchev–Trinajstić information content (AvgIpc) is 2.48. The van der Waals surface area contributed by atoms with Gasteiger partial charge in [0.05, 0.1) is 0 Å². The summed E-state index contributed by atoms with van der Waals surface area (Å²) in [6, 6.07) is 0.605. The van der Waals surface area contributed by atoms with E-state index >= 15 is 0 Å². The van der Waals surface area contributed by atoms with E-state index in [1.165, 1.54) is 0 Å². The Morgan fingerprint density at radius 3 is 2.30 bits per heavy atom. The van der Waals surface area contributed by atoms with Crippen LogP contribution in [0.2, 0.25) is 0 Å². The molecule has 0 atom stereocenters. The lowest BCUT2D eigenvalue weighted by Gasteiger charge is -2.40. The number of rotatable bonds is 5. The van der Waals surface area contributed by atoms with Crippen LogP contribution in [-0.4, -0.2) is 72.2 Å². The molecule has 1 N–H and O–H groups in total. The molecule has 0 unspecified atom stereocenters. The second-order valence-corrected chi connectivity index (χ2v) is 5.51. The summed E-state index contributed by atoms with van der Waals surface area (Å²) in [5.74, 6) is -0.736. The van der Waals surface area contributed by atoms with Crippen LogP contribution in [0.1, 0.15) is 32.1 Å². The van der Waals surface area contributed by atoms with E-state index in [0.29, 0.717) is 18.9 Å². The molecule has 2 aliphatic heterocycles. The van der Waals surface area contributed by atoms with Gasteiger partial charge in [-0.3, -0.25) is 14.5 Å². The van der Waals surface area contributed by atoms with Crippen molar-refractivity contribution in [3.63, 3.8) is 0 Å². The molecule has 0 radical (unpaired) electrons. The number of carbonyl (C=O) groups excluding carboxylic acids is 1. The molecule has 0 spiro atoms. The number of ether oxygens (including phenoxy) is 1. The van der Waals surface area contributed by atoms with Crippen LogP contribution in [-0.2, 0) is 14.3 Å². The minimum Gasteiger partial charge on any atom is -0.481 e. The Hall–Kier alpha value is -1.14. The quantitative estimate of drug-likeness (QED) is 0.799. The molecule has 0 aromatic carbocycles. The molecule has 1 amide bonds. The highest BCUT2D eigenvalue weighted by molar-refractivity contribution is 5.77. The predicted octanol–water partition coefficient (Wildman–Crippen LogP) is 0.565. The van der Waals surface area contributed by atoms with E-state index in [9.17, 15) is 9.59 Å². The molecule has 0 bridgehead atoms. The number of carbonyl (C=O) groups is 2. The lowest BCUT2D eigenvalue weighted by atomic mass is 10.1. The first kappa shape index (κ1) is 15.3. The smallest absolute Gasteiger partial charge is 0.303 e. The Labute approximate surface area is 119 Å². The summed E-state index contributed by atoms with van der Waals surface area (Å²) >= 11 is 0. The van der Waals surface area contributed by atoms with Crippen LogP contribution in [0.15, 0.2) is 0 Å². The molecule has 0 saturated carbocycles. The molecule has 0 aromatic heterocycles. The van der Waals surface area contributed by atoms with Gasteiger partial charge in [-0.05, 0) is 19.3 Å². The topological polar surface area (TPSA) is 70.1 Å². The molecule has 114 valence electrons. The Kier molecular flexibility index (Phi) is 5.79. The number of hydrogen-bond acceptors (Lipinski definition) is 4. The minimum absolute atomic E-state index is 0.0772. The first-order chi connectivity index (χ1) is 9.66. The second-order valence-electron chi connectivity index (χ2n) is 5.51. The lowest BCUT2D eigenvalue weighted by molar-refractivity contribution is -0.137. The minimum atomic E-state index is -0.831. The third-order valence-corrected chi connectivity index (χ3v) is 4.16. The largest absolute Gasteiger partial charge is 0.481 e. The van der Waals surface area contributed by atoms with Crippen molar-refractivity contribution in [3.05, 3.63) is 0 Å². The molecular weight excluding hydrogens is 260 g/mol. The fourth-order valence-electron chi connectivity index (χ4n) is 2.94. The van der Waals surface area contributed by atoms with Crippen LogP contribution >= 0.6 is 0 Å². The molecule has 2 aliphatic rings. The highest BCUT2D eigenvalue weighted by atomic mass is 16.5. The van der Waals surface area contributed by atoms with Gasteiger partial charge >= 0.3 is 5.97 Å².